The summed E-state index contributed by atoms with van der Waals surface area (Å²) < 4.78 is 5.24. The Hall–Kier alpha value is -0.500. The number of rotatable bonds is 2. The third kappa shape index (κ3) is 2.06. The van der Waals surface area contributed by atoms with E-state index < -0.39 is 0 Å². The Morgan fingerprint density at radius 2 is 2.56 bits per heavy atom. The fourth-order valence-electron chi connectivity index (χ4n) is 1.07. The van der Waals surface area contributed by atoms with Gasteiger partial charge in [-0.05, 0) is 12.8 Å². The normalized spacial score (nSPS) is 26.4. The number of ether oxygens (including phenoxy) is 1. The van der Waals surface area contributed by atoms with Crippen molar-refractivity contribution >= 4 is 0 Å². The highest BCUT2D eigenvalue weighted by Crippen LogP contribution is 2.17. The van der Waals surface area contributed by atoms with E-state index in [9.17, 15) is 0 Å². The fourth-order valence-corrected chi connectivity index (χ4v) is 1.07. The first kappa shape index (κ1) is 6.62. The third-order valence-corrected chi connectivity index (χ3v) is 1.49. The predicted molar refractivity (Wildman–Crippen MR) is 35.4 cm³/mol. The highest BCUT2D eigenvalue weighted by molar-refractivity contribution is 4.84. The molecule has 1 N–H and O–H groups in total. The van der Waals surface area contributed by atoms with Gasteiger partial charge in [-0.15, -0.1) is 0 Å². The predicted octanol–water partition coefficient (Wildman–Crippen LogP) is 1.63. The van der Waals surface area contributed by atoms with Gasteiger partial charge in [-0.3, -0.25) is 0 Å². The second kappa shape index (κ2) is 2.87. The van der Waals surface area contributed by atoms with Crippen LogP contribution in [-0.2, 0) is 4.74 Å². The lowest BCUT2D eigenvalue weighted by Gasteiger charge is -2.05. The Kier molecular flexibility index (Phi) is 2.11. The van der Waals surface area contributed by atoms with Crippen molar-refractivity contribution in [2.24, 2.45) is 0 Å². The molecule has 0 bridgehead atoms. The van der Waals surface area contributed by atoms with E-state index in [1.165, 1.54) is 0 Å². The van der Waals surface area contributed by atoms with Gasteiger partial charge < -0.3 is 9.84 Å². The highest BCUT2D eigenvalue weighted by Gasteiger charge is 2.15. The van der Waals surface area contributed by atoms with Crippen LogP contribution >= 0.6 is 0 Å². The second-order valence-electron chi connectivity index (χ2n) is 2.41. The standard InChI is InChI=1S/C7H12O2/c1-6(8)5-7-3-2-4-9-7/h7-8H,1-5H2. The Morgan fingerprint density at radius 1 is 1.78 bits per heavy atom. The number of aliphatic hydroxyl groups excluding tert-OH is 1. The number of hydrogen-bond donors (Lipinski definition) is 1. The number of aliphatic hydroxyl groups is 1. The fraction of sp³-hybridized carbons (Fsp3) is 0.714. The molecule has 0 aromatic heterocycles. The summed E-state index contributed by atoms with van der Waals surface area (Å²) in [5.41, 5.74) is 0. The Morgan fingerprint density at radius 3 is 3.00 bits per heavy atom. The topological polar surface area (TPSA) is 29.5 Å². The molecular weight excluding hydrogens is 116 g/mol. The zero-order chi connectivity index (χ0) is 6.69. The molecule has 1 atom stereocenters. The third-order valence-electron chi connectivity index (χ3n) is 1.49. The molecule has 0 aliphatic carbocycles. The largest absolute Gasteiger partial charge is 0.513 e. The summed E-state index contributed by atoms with van der Waals surface area (Å²) in [5.74, 6) is 0.238. The molecule has 0 spiro atoms. The lowest BCUT2D eigenvalue weighted by atomic mass is 10.2. The average Bonchev–Trinajstić information content (AvgIpc) is 2.15. The molecule has 0 aromatic carbocycles. The van der Waals surface area contributed by atoms with Crippen molar-refractivity contribution in [1.29, 1.82) is 0 Å². The van der Waals surface area contributed by atoms with E-state index in [4.69, 9.17) is 9.84 Å². The van der Waals surface area contributed by atoms with Gasteiger partial charge in [0.25, 0.3) is 0 Å². The maximum atomic E-state index is 8.74. The van der Waals surface area contributed by atoms with Gasteiger partial charge in [0.05, 0.1) is 11.9 Å². The molecule has 0 saturated carbocycles. The Labute approximate surface area is 55.1 Å². The molecule has 1 fully saturated rings. The van der Waals surface area contributed by atoms with E-state index in [1.807, 2.05) is 0 Å². The van der Waals surface area contributed by atoms with Crippen molar-refractivity contribution in [3.05, 3.63) is 12.3 Å². The quantitative estimate of drug-likeness (QED) is 0.573. The van der Waals surface area contributed by atoms with Crippen molar-refractivity contribution in [3.8, 4) is 0 Å². The molecule has 1 heterocycles. The van der Waals surface area contributed by atoms with Crippen molar-refractivity contribution in [1.82, 2.24) is 0 Å². The van der Waals surface area contributed by atoms with Crippen LogP contribution < -0.4 is 0 Å². The molecule has 0 radical (unpaired) electrons. The van der Waals surface area contributed by atoms with Crippen LogP contribution in [-0.4, -0.2) is 17.8 Å². The van der Waals surface area contributed by atoms with Crippen LogP contribution in [0.5, 0.6) is 0 Å². The van der Waals surface area contributed by atoms with E-state index in [2.05, 4.69) is 6.58 Å². The molecule has 2 heteroatoms. The summed E-state index contributed by atoms with van der Waals surface area (Å²) in [6.07, 6.45) is 3.04. The van der Waals surface area contributed by atoms with Crippen LogP contribution in [0.4, 0.5) is 0 Å². The zero-order valence-corrected chi connectivity index (χ0v) is 5.47. The highest BCUT2D eigenvalue weighted by atomic mass is 16.5. The van der Waals surface area contributed by atoms with Gasteiger partial charge >= 0.3 is 0 Å². The molecule has 1 saturated heterocycles. The van der Waals surface area contributed by atoms with E-state index in [-0.39, 0.29) is 11.9 Å². The summed E-state index contributed by atoms with van der Waals surface area (Å²) >= 11 is 0. The van der Waals surface area contributed by atoms with Crippen molar-refractivity contribution < 1.29 is 9.84 Å². The average molecular weight is 128 g/mol. The lowest BCUT2D eigenvalue weighted by molar-refractivity contribution is 0.102. The smallest absolute Gasteiger partial charge is 0.0876 e. The van der Waals surface area contributed by atoms with Crippen LogP contribution in [0.1, 0.15) is 19.3 Å². The van der Waals surface area contributed by atoms with Crippen molar-refractivity contribution in [2.45, 2.75) is 25.4 Å². The molecule has 1 aliphatic heterocycles. The van der Waals surface area contributed by atoms with E-state index >= 15 is 0 Å². The van der Waals surface area contributed by atoms with Crippen LogP contribution in [0.2, 0.25) is 0 Å². The van der Waals surface area contributed by atoms with Gasteiger partial charge in [0, 0.05) is 13.0 Å². The van der Waals surface area contributed by atoms with Gasteiger partial charge in [0.15, 0.2) is 0 Å². The first-order valence-corrected chi connectivity index (χ1v) is 3.27. The first-order chi connectivity index (χ1) is 4.29. The second-order valence-corrected chi connectivity index (χ2v) is 2.41. The van der Waals surface area contributed by atoms with Crippen LogP contribution in [0, 0.1) is 0 Å². The summed E-state index contributed by atoms with van der Waals surface area (Å²) in [5, 5.41) is 8.74. The molecule has 52 valence electrons. The van der Waals surface area contributed by atoms with Gasteiger partial charge in [-0.1, -0.05) is 6.58 Å². The minimum absolute atomic E-state index is 0.238. The zero-order valence-electron chi connectivity index (χ0n) is 5.47. The molecule has 2 nitrogen and oxygen atoms in total. The van der Waals surface area contributed by atoms with E-state index in [0.29, 0.717) is 6.42 Å². The summed E-state index contributed by atoms with van der Waals surface area (Å²) in [7, 11) is 0. The van der Waals surface area contributed by atoms with E-state index in [1.54, 1.807) is 0 Å². The van der Waals surface area contributed by atoms with Gasteiger partial charge in [0.1, 0.15) is 0 Å². The molecule has 1 unspecified atom stereocenters. The Balaban J connectivity index is 2.19. The maximum absolute atomic E-state index is 8.74. The van der Waals surface area contributed by atoms with Crippen LogP contribution in [0.3, 0.4) is 0 Å². The van der Waals surface area contributed by atoms with Gasteiger partial charge in [0.2, 0.25) is 0 Å². The maximum Gasteiger partial charge on any atom is 0.0876 e. The SMILES string of the molecule is C=C(O)CC1CCCO1. The van der Waals surface area contributed by atoms with E-state index in [0.717, 1.165) is 19.4 Å². The molecular formula is C7H12O2. The molecule has 0 amide bonds. The van der Waals surface area contributed by atoms with Crippen molar-refractivity contribution in [2.75, 3.05) is 6.61 Å². The first-order valence-electron chi connectivity index (χ1n) is 3.27. The summed E-state index contributed by atoms with van der Waals surface area (Å²) in [6, 6.07) is 0. The Bertz CT molecular complexity index is 103. The molecule has 9 heavy (non-hydrogen) atoms. The molecule has 1 aliphatic rings. The number of hydrogen-bond acceptors (Lipinski definition) is 2. The van der Waals surface area contributed by atoms with Gasteiger partial charge in [-0.25, -0.2) is 0 Å². The monoisotopic (exact) mass is 128 g/mol. The summed E-state index contributed by atoms with van der Waals surface area (Å²) in [4.78, 5) is 0. The van der Waals surface area contributed by atoms with Crippen LogP contribution in [0.15, 0.2) is 12.3 Å². The minimum atomic E-state index is 0.238. The molecule has 1 rings (SSSR count). The van der Waals surface area contributed by atoms with Crippen molar-refractivity contribution in [3.63, 3.8) is 0 Å². The minimum Gasteiger partial charge on any atom is -0.513 e. The molecule has 0 aromatic rings. The summed E-state index contributed by atoms with van der Waals surface area (Å²) in [6.45, 7) is 4.24. The lowest BCUT2D eigenvalue weighted by Crippen LogP contribution is -2.04. The van der Waals surface area contributed by atoms with Gasteiger partial charge in [-0.2, -0.15) is 0 Å². The van der Waals surface area contributed by atoms with Crippen LogP contribution in [0.25, 0.3) is 0 Å².